The van der Waals surface area contributed by atoms with E-state index in [-0.39, 0.29) is 22.5 Å². The summed E-state index contributed by atoms with van der Waals surface area (Å²) in [5, 5.41) is 0. The van der Waals surface area contributed by atoms with Crippen LogP contribution >= 0.6 is 15.9 Å². The molecule has 1 rings (SSSR count). The molecule has 0 bridgehead atoms. The van der Waals surface area contributed by atoms with Crippen LogP contribution in [0.25, 0.3) is 0 Å². The first kappa shape index (κ1) is 12.8. The summed E-state index contributed by atoms with van der Waals surface area (Å²) in [6.07, 6.45) is -2.86. The number of nitrogens with zero attached hydrogens (tertiary/aromatic N) is 1. The lowest BCUT2D eigenvalue weighted by molar-refractivity contribution is 0.0513. The first-order valence-electron chi connectivity index (χ1n) is 4.38. The van der Waals surface area contributed by atoms with E-state index >= 15 is 0 Å². The molecule has 0 aliphatic carbocycles. The first-order chi connectivity index (χ1) is 7.47. The van der Waals surface area contributed by atoms with Crippen LogP contribution in [0.15, 0.2) is 10.7 Å². The molecule has 0 radical (unpaired) electrons. The number of rotatable bonds is 3. The molecule has 0 spiro atoms. The van der Waals surface area contributed by atoms with Gasteiger partial charge in [0.05, 0.1) is 17.9 Å². The molecule has 16 heavy (non-hydrogen) atoms. The average molecular weight is 295 g/mol. The number of halogens is 3. The second kappa shape index (κ2) is 5.20. The van der Waals surface area contributed by atoms with Gasteiger partial charge >= 0.3 is 5.97 Å². The van der Waals surface area contributed by atoms with Crippen molar-refractivity contribution in [2.75, 3.05) is 12.3 Å². The second-order valence-corrected chi connectivity index (χ2v) is 3.57. The molecule has 0 fully saturated rings. The van der Waals surface area contributed by atoms with Gasteiger partial charge in [-0.2, -0.15) is 0 Å². The van der Waals surface area contributed by atoms with Crippen molar-refractivity contribution in [3.05, 3.63) is 21.9 Å². The number of hydrogen-bond donors (Lipinski definition) is 1. The summed E-state index contributed by atoms with van der Waals surface area (Å²) >= 11 is 2.92. The third-order valence-electron chi connectivity index (χ3n) is 1.73. The molecular weight excluding hydrogens is 286 g/mol. The molecule has 0 aromatic carbocycles. The van der Waals surface area contributed by atoms with Crippen LogP contribution < -0.4 is 5.73 Å². The van der Waals surface area contributed by atoms with Crippen LogP contribution in [0.2, 0.25) is 0 Å². The van der Waals surface area contributed by atoms with Crippen LogP contribution in [-0.4, -0.2) is 17.6 Å². The largest absolute Gasteiger partial charge is 0.462 e. The van der Waals surface area contributed by atoms with Crippen LogP contribution in [0.5, 0.6) is 0 Å². The molecule has 88 valence electrons. The fourth-order valence-electron chi connectivity index (χ4n) is 1.06. The third kappa shape index (κ3) is 2.66. The quantitative estimate of drug-likeness (QED) is 0.687. The van der Waals surface area contributed by atoms with E-state index in [2.05, 4.69) is 25.7 Å². The maximum absolute atomic E-state index is 12.6. The zero-order valence-electron chi connectivity index (χ0n) is 8.34. The van der Waals surface area contributed by atoms with Crippen molar-refractivity contribution in [2.45, 2.75) is 13.3 Å². The average Bonchev–Trinajstić information content (AvgIpc) is 2.21. The smallest absolute Gasteiger partial charge is 0.340 e. The molecule has 0 atom stereocenters. The Labute approximate surface area is 98.9 Å². The zero-order chi connectivity index (χ0) is 12.3. The predicted molar refractivity (Wildman–Crippen MR) is 57.3 cm³/mol. The number of pyridine rings is 1. The number of carbonyl (C=O) groups is 1. The molecule has 1 aromatic rings. The third-order valence-corrected chi connectivity index (χ3v) is 2.37. The molecular formula is C9H9BrF2N2O2. The lowest BCUT2D eigenvalue weighted by atomic mass is 10.2. The summed E-state index contributed by atoms with van der Waals surface area (Å²) in [5.74, 6) is -0.857. The topological polar surface area (TPSA) is 65.2 Å². The van der Waals surface area contributed by atoms with Crippen molar-refractivity contribution in [1.29, 1.82) is 0 Å². The van der Waals surface area contributed by atoms with E-state index in [4.69, 9.17) is 5.73 Å². The van der Waals surface area contributed by atoms with E-state index in [1.54, 1.807) is 6.92 Å². The van der Waals surface area contributed by atoms with Gasteiger partial charge in [-0.3, -0.25) is 0 Å². The molecule has 0 unspecified atom stereocenters. The Morgan fingerprint density at radius 3 is 2.81 bits per heavy atom. The normalized spacial score (nSPS) is 10.6. The maximum atomic E-state index is 12.6. The fourth-order valence-corrected chi connectivity index (χ4v) is 1.36. The van der Waals surface area contributed by atoms with Crippen LogP contribution in [0, 0.1) is 0 Å². The molecule has 1 heterocycles. The van der Waals surface area contributed by atoms with Crippen molar-refractivity contribution in [1.82, 2.24) is 4.98 Å². The van der Waals surface area contributed by atoms with E-state index in [0.29, 0.717) is 0 Å². The summed E-state index contributed by atoms with van der Waals surface area (Å²) in [5.41, 5.74) is 4.62. The van der Waals surface area contributed by atoms with Gasteiger partial charge in [-0.05, 0) is 28.9 Å². The minimum Gasteiger partial charge on any atom is -0.462 e. The van der Waals surface area contributed by atoms with Crippen molar-refractivity contribution in [3.8, 4) is 0 Å². The van der Waals surface area contributed by atoms with Gasteiger partial charge in [0.15, 0.2) is 0 Å². The van der Waals surface area contributed by atoms with E-state index in [1.165, 1.54) is 0 Å². The predicted octanol–water partition coefficient (Wildman–Crippen LogP) is 2.54. The number of nitrogens with two attached hydrogens (primary N) is 1. The minimum absolute atomic E-state index is 0.0795. The second-order valence-electron chi connectivity index (χ2n) is 2.82. The molecule has 0 aliphatic heterocycles. The van der Waals surface area contributed by atoms with Gasteiger partial charge < -0.3 is 10.5 Å². The van der Waals surface area contributed by atoms with E-state index in [9.17, 15) is 13.6 Å². The lowest BCUT2D eigenvalue weighted by Gasteiger charge is -2.09. The highest BCUT2D eigenvalue weighted by atomic mass is 79.9. The Morgan fingerprint density at radius 1 is 1.69 bits per heavy atom. The van der Waals surface area contributed by atoms with Gasteiger partial charge in [0.1, 0.15) is 10.3 Å². The van der Waals surface area contributed by atoms with Crippen LogP contribution in [0.4, 0.5) is 14.5 Å². The van der Waals surface area contributed by atoms with E-state index in [0.717, 1.165) is 6.07 Å². The highest BCUT2D eigenvalue weighted by Gasteiger charge is 2.22. The standard InChI is InChI=1S/C9H9BrF2N2O2/c1-2-16-9(15)4-3-5(13)7(10)14-6(4)8(11)12/h3,8H,2,13H2,1H3. The molecule has 4 nitrogen and oxygen atoms in total. The van der Waals surface area contributed by atoms with Crippen molar-refractivity contribution in [3.63, 3.8) is 0 Å². The molecule has 1 aromatic heterocycles. The molecule has 0 amide bonds. The van der Waals surface area contributed by atoms with Crippen molar-refractivity contribution >= 4 is 27.6 Å². The number of alkyl halides is 2. The van der Waals surface area contributed by atoms with Crippen LogP contribution in [0.3, 0.4) is 0 Å². The number of nitrogen functional groups attached to an aromatic ring is 1. The van der Waals surface area contributed by atoms with Gasteiger partial charge in [-0.15, -0.1) is 0 Å². The SMILES string of the molecule is CCOC(=O)c1cc(N)c(Br)nc1C(F)F. The summed E-state index contributed by atoms with van der Waals surface area (Å²) in [6.45, 7) is 1.67. The zero-order valence-corrected chi connectivity index (χ0v) is 9.92. The summed E-state index contributed by atoms with van der Waals surface area (Å²) in [7, 11) is 0. The number of hydrogen-bond acceptors (Lipinski definition) is 4. The summed E-state index contributed by atoms with van der Waals surface area (Å²) < 4.78 is 29.9. The molecule has 7 heteroatoms. The highest BCUT2D eigenvalue weighted by Crippen LogP contribution is 2.27. The van der Waals surface area contributed by atoms with Crippen molar-refractivity contribution in [2.24, 2.45) is 0 Å². The Balaban J connectivity index is 3.24. The Kier molecular flexibility index (Phi) is 4.17. The molecule has 0 aliphatic rings. The molecule has 0 saturated carbocycles. The fraction of sp³-hybridized carbons (Fsp3) is 0.333. The highest BCUT2D eigenvalue weighted by molar-refractivity contribution is 9.10. The summed E-state index contributed by atoms with van der Waals surface area (Å²) in [6, 6.07) is 1.12. The number of carbonyl (C=O) groups excluding carboxylic acids is 1. The van der Waals surface area contributed by atoms with Gasteiger partial charge in [-0.25, -0.2) is 18.6 Å². The molecule has 2 N–H and O–H groups in total. The van der Waals surface area contributed by atoms with Crippen molar-refractivity contribution < 1.29 is 18.3 Å². The monoisotopic (exact) mass is 294 g/mol. The number of ether oxygens (including phenoxy) is 1. The van der Waals surface area contributed by atoms with Gasteiger partial charge in [0.25, 0.3) is 6.43 Å². The maximum Gasteiger partial charge on any atom is 0.340 e. The van der Waals surface area contributed by atoms with Gasteiger partial charge in [-0.1, -0.05) is 0 Å². The Bertz CT molecular complexity index is 413. The van der Waals surface area contributed by atoms with E-state index < -0.39 is 18.1 Å². The summed E-state index contributed by atoms with van der Waals surface area (Å²) in [4.78, 5) is 14.9. The van der Waals surface area contributed by atoms with Crippen LogP contribution in [0.1, 0.15) is 29.4 Å². The van der Waals surface area contributed by atoms with E-state index in [1.807, 2.05) is 0 Å². The Hall–Kier alpha value is -1.24. The minimum atomic E-state index is -2.86. The number of esters is 1. The number of aromatic nitrogens is 1. The Morgan fingerprint density at radius 2 is 2.31 bits per heavy atom. The van der Waals surface area contributed by atoms with Gasteiger partial charge in [0.2, 0.25) is 0 Å². The van der Waals surface area contributed by atoms with Crippen LogP contribution in [-0.2, 0) is 4.74 Å². The lowest BCUT2D eigenvalue weighted by Crippen LogP contribution is -2.11. The number of anilines is 1. The van der Waals surface area contributed by atoms with Gasteiger partial charge in [0, 0.05) is 0 Å². The first-order valence-corrected chi connectivity index (χ1v) is 5.17. The molecule has 0 saturated heterocycles.